The monoisotopic (exact) mass is 347 g/mol. The van der Waals surface area contributed by atoms with Gasteiger partial charge >= 0.3 is 6.03 Å². The summed E-state index contributed by atoms with van der Waals surface area (Å²) in [6.07, 6.45) is 6.43. The Balaban J connectivity index is 2.06. The summed E-state index contributed by atoms with van der Waals surface area (Å²) in [5, 5.41) is 5.69. The normalized spacial score (nSPS) is 11.8. The number of benzene rings is 2. The Labute approximate surface area is 155 Å². The molecule has 0 saturated carbocycles. The molecule has 2 aromatic carbocycles. The summed E-state index contributed by atoms with van der Waals surface area (Å²) in [6, 6.07) is 15.1. The number of urea groups is 1. The fourth-order valence-corrected chi connectivity index (χ4v) is 2.51. The molecule has 4 heteroatoms. The van der Waals surface area contributed by atoms with Crippen LogP contribution in [0.1, 0.15) is 25.0 Å². The zero-order valence-electron chi connectivity index (χ0n) is 15.3. The highest BCUT2D eigenvalue weighted by molar-refractivity contribution is 5.99. The lowest BCUT2D eigenvalue weighted by Gasteiger charge is -2.10. The number of carbonyl (C=O) groups is 1. The van der Waals surface area contributed by atoms with Crippen LogP contribution in [0.15, 0.2) is 79.0 Å². The Bertz CT molecular complexity index is 829. The molecule has 0 aromatic heterocycles. The van der Waals surface area contributed by atoms with Gasteiger partial charge in [0.15, 0.2) is 0 Å². The maximum absolute atomic E-state index is 12.2. The lowest BCUT2D eigenvalue weighted by molar-refractivity contribution is 0.262. The van der Waals surface area contributed by atoms with Crippen molar-refractivity contribution in [1.82, 2.24) is 0 Å². The van der Waals surface area contributed by atoms with E-state index in [1.54, 1.807) is 6.08 Å². The molecule has 4 N–H and O–H groups in total. The molecule has 0 radical (unpaired) electrons. The number of nitrogens with one attached hydrogen (secondary N) is 2. The fourth-order valence-electron chi connectivity index (χ4n) is 2.51. The first-order valence-electron chi connectivity index (χ1n) is 8.55. The molecule has 0 saturated heterocycles. The van der Waals surface area contributed by atoms with Crippen molar-refractivity contribution in [2.45, 2.75) is 20.3 Å². The van der Waals surface area contributed by atoms with Gasteiger partial charge in [-0.3, -0.25) is 0 Å². The van der Waals surface area contributed by atoms with Gasteiger partial charge < -0.3 is 16.4 Å². The van der Waals surface area contributed by atoms with Crippen LogP contribution in [-0.2, 0) is 6.42 Å². The van der Waals surface area contributed by atoms with Gasteiger partial charge in [-0.1, -0.05) is 49.9 Å². The predicted octanol–water partition coefficient (Wildman–Crippen LogP) is 5.32. The Morgan fingerprint density at radius 3 is 2.42 bits per heavy atom. The first-order valence-corrected chi connectivity index (χ1v) is 8.55. The summed E-state index contributed by atoms with van der Waals surface area (Å²) in [7, 11) is 0. The summed E-state index contributed by atoms with van der Waals surface area (Å²) < 4.78 is 0. The van der Waals surface area contributed by atoms with E-state index < -0.39 is 0 Å². The van der Waals surface area contributed by atoms with Gasteiger partial charge in [0.2, 0.25) is 0 Å². The van der Waals surface area contributed by atoms with Crippen molar-refractivity contribution in [3.63, 3.8) is 0 Å². The topological polar surface area (TPSA) is 67.1 Å². The minimum Gasteiger partial charge on any atom is -0.402 e. The highest BCUT2D eigenvalue weighted by Gasteiger charge is 2.04. The Kier molecular flexibility index (Phi) is 6.80. The average molecular weight is 347 g/mol. The Morgan fingerprint density at radius 1 is 1.12 bits per heavy atom. The second kappa shape index (κ2) is 9.28. The fraction of sp³-hybridized carbons (Fsp3) is 0.136. The zero-order chi connectivity index (χ0) is 18.9. The minimum absolute atomic E-state index is 0.273. The Morgan fingerprint density at radius 2 is 1.81 bits per heavy atom. The number of nitrogens with two attached hydrogens (primary N) is 1. The van der Waals surface area contributed by atoms with Crippen molar-refractivity contribution in [3.05, 3.63) is 90.2 Å². The van der Waals surface area contributed by atoms with E-state index in [0.29, 0.717) is 11.4 Å². The van der Waals surface area contributed by atoms with Crippen LogP contribution in [-0.4, -0.2) is 6.03 Å². The molecule has 4 nitrogen and oxygen atoms in total. The summed E-state index contributed by atoms with van der Waals surface area (Å²) in [5.74, 6) is 0. The van der Waals surface area contributed by atoms with Crippen molar-refractivity contribution in [2.75, 3.05) is 10.6 Å². The van der Waals surface area contributed by atoms with Gasteiger partial charge in [0.1, 0.15) is 0 Å². The van der Waals surface area contributed by atoms with Crippen LogP contribution >= 0.6 is 0 Å². The first kappa shape index (κ1) is 19.1. The minimum atomic E-state index is -0.273. The molecule has 0 aliphatic carbocycles. The quantitative estimate of drug-likeness (QED) is 0.619. The molecule has 0 fully saturated rings. The molecule has 0 spiro atoms. The number of anilines is 2. The number of rotatable bonds is 6. The molecule has 0 bridgehead atoms. The van der Waals surface area contributed by atoms with Crippen LogP contribution < -0.4 is 16.4 Å². The van der Waals surface area contributed by atoms with E-state index in [2.05, 4.69) is 24.1 Å². The van der Waals surface area contributed by atoms with E-state index in [4.69, 9.17) is 5.73 Å². The number of hydrogen-bond acceptors (Lipinski definition) is 2. The maximum Gasteiger partial charge on any atom is 0.323 e. The second-order valence-electron chi connectivity index (χ2n) is 5.96. The largest absolute Gasteiger partial charge is 0.402 e. The van der Waals surface area contributed by atoms with Crippen LogP contribution in [0.2, 0.25) is 0 Å². The van der Waals surface area contributed by atoms with Gasteiger partial charge in [0.25, 0.3) is 0 Å². The van der Waals surface area contributed by atoms with Crippen LogP contribution in [0, 0.1) is 0 Å². The van der Waals surface area contributed by atoms with Gasteiger partial charge in [-0.05, 0) is 60.4 Å². The van der Waals surface area contributed by atoms with Gasteiger partial charge in [0, 0.05) is 17.1 Å². The van der Waals surface area contributed by atoms with Crippen LogP contribution in [0.5, 0.6) is 0 Å². The molecule has 2 amide bonds. The van der Waals surface area contributed by atoms with Crippen molar-refractivity contribution >= 4 is 23.0 Å². The highest BCUT2D eigenvalue weighted by atomic mass is 16.2. The third-order valence-corrected chi connectivity index (χ3v) is 3.75. The molecule has 2 rings (SSSR count). The predicted molar refractivity (Wildman–Crippen MR) is 111 cm³/mol. The SMILES string of the molecule is C=C/C=C(\C=C(\C)N)c1ccc(NC(=O)Nc2cccc(CC)c2)cc1. The smallest absolute Gasteiger partial charge is 0.323 e. The molecule has 2 aromatic rings. The zero-order valence-corrected chi connectivity index (χ0v) is 15.3. The van der Waals surface area contributed by atoms with E-state index in [-0.39, 0.29) is 6.03 Å². The van der Waals surface area contributed by atoms with Crippen LogP contribution in [0.25, 0.3) is 5.57 Å². The van der Waals surface area contributed by atoms with Crippen LogP contribution in [0.3, 0.4) is 0 Å². The van der Waals surface area contributed by atoms with E-state index in [1.807, 2.05) is 67.6 Å². The molecule has 0 aliphatic rings. The van der Waals surface area contributed by atoms with Gasteiger partial charge in [-0.25, -0.2) is 4.79 Å². The molecule has 26 heavy (non-hydrogen) atoms. The van der Waals surface area contributed by atoms with Crippen molar-refractivity contribution in [1.29, 1.82) is 0 Å². The summed E-state index contributed by atoms with van der Waals surface area (Å²) >= 11 is 0. The van der Waals surface area contributed by atoms with E-state index in [9.17, 15) is 4.79 Å². The molecule has 0 unspecified atom stereocenters. The first-order chi connectivity index (χ1) is 12.5. The molecule has 0 atom stereocenters. The molecule has 0 heterocycles. The van der Waals surface area contributed by atoms with Gasteiger partial charge in [-0.15, -0.1) is 0 Å². The van der Waals surface area contributed by atoms with Gasteiger partial charge in [0.05, 0.1) is 0 Å². The lowest BCUT2D eigenvalue weighted by atomic mass is 10.0. The van der Waals surface area contributed by atoms with Crippen molar-refractivity contribution in [2.24, 2.45) is 5.73 Å². The summed E-state index contributed by atoms with van der Waals surface area (Å²) in [5.41, 5.74) is 11.1. The van der Waals surface area contributed by atoms with Crippen molar-refractivity contribution < 1.29 is 4.79 Å². The number of aryl methyl sites for hydroxylation is 1. The summed E-state index contributed by atoms with van der Waals surface area (Å²) in [6.45, 7) is 7.65. The van der Waals surface area contributed by atoms with Gasteiger partial charge in [-0.2, -0.15) is 0 Å². The van der Waals surface area contributed by atoms with E-state index >= 15 is 0 Å². The lowest BCUT2D eigenvalue weighted by Crippen LogP contribution is -2.19. The maximum atomic E-state index is 12.2. The number of carbonyl (C=O) groups excluding carboxylic acids is 1. The summed E-state index contributed by atoms with van der Waals surface area (Å²) in [4.78, 5) is 12.2. The molecule has 0 aliphatic heterocycles. The third kappa shape index (κ3) is 5.67. The Hall–Kier alpha value is -3.27. The third-order valence-electron chi connectivity index (χ3n) is 3.75. The van der Waals surface area contributed by atoms with E-state index in [0.717, 1.165) is 23.2 Å². The average Bonchev–Trinajstić information content (AvgIpc) is 2.61. The van der Waals surface area contributed by atoms with Crippen molar-refractivity contribution in [3.8, 4) is 0 Å². The number of hydrogen-bond donors (Lipinski definition) is 3. The molecule has 134 valence electrons. The van der Waals surface area contributed by atoms with Crippen LogP contribution in [0.4, 0.5) is 16.2 Å². The van der Waals surface area contributed by atoms with E-state index in [1.165, 1.54) is 5.56 Å². The molecular weight excluding hydrogens is 322 g/mol. The second-order valence-corrected chi connectivity index (χ2v) is 5.96. The number of allylic oxidation sites excluding steroid dienone is 5. The highest BCUT2D eigenvalue weighted by Crippen LogP contribution is 2.20. The molecular formula is C22H25N3O. The number of amides is 2. The standard InChI is InChI=1S/C22H25N3O/c1-4-7-19(14-16(3)23)18-10-12-20(13-11-18)24-22(26)25-21-9-6-8-17(5-2)15-21/h4,6-15H,1,5,23H2,2-3H3,(H2,24,25,26)/b16-14-,19-7+.